The van der Waals surface area contributed by atoms with Gasteiger partial charge in [0.25, 0.3) is 0 Å². The molecule has 0 aromatic heterocycles. The highest BCUT2D eigenvalue weighted by atomic mass is 79.9. The lowest BCUT2D eigenvalue weighted by Crippen LogP contribution is -1.91. The van der Waals surface area contributed by atoms with Crippen molar-refractivity contribution in [3.8, 4) is 5.75 Å². The van der Waals surface area contributed by atoms with Crippen molar-refractivity contribution in [1.82, 2.24) is 0 Å². The van der Waals surface area contributed by atoms with Crippen LogP contribution in [0.1, 0.15) is 17.9 Å². The first-order chi connectivity index (χ1) is 5.75. The smallest absolute Gasteiger partial charge is 0.131 e. The van der Waals surface area contributed by atoms with Crippen LogP contribution in [-0.2, 0) is 0 Å². The number of ether oxygens (including phenoxy) is 1. The van der Waals surface area contributed by atoms with E-state index in [-0.39, 0.29) is 11.9 Å². The molecule has 12 heavy (non-hydrogen) atoms. The van der Waals surface area contributed by atoms with E-state index in [0.29, 0.717) is 5.92 Å². The SMILES string of the molecule is Fc1cc(Br)cc2c1C1CC1O2. The second kappa shape index (κ2) is 2.02. The zero-order valence-corrected chi connectivity index (χ0v) is 7.77. The highest BCUT2D eigenvalue weighted by Gasteiger charge is 2.49. The average Bonchev–Trinajstić information content (AvgIpc) is 2.60. The lowest BCUT2D eigenvalue weighted by Gasteiger charge is -2.04. The largest absolute Gasteiger partial charge is 0.489 e. The summed E-state index contributed by atoms with van der Waals surface area (Å²) in [6, 6.07) is 3.34. The molecule has 0 radical (unpaired) electrons. The van der Waals surface area contributed by atoms with Crippen LogP contribution < -0.4 is 4.74 Å². The first-order valence-corrected chi connectivity index (χ1v) is 4.70. The van der Waals surface area contributed by atoms with Crippen LogP contribution in [0.15, 0.2) is 16.6 Å². The number of hydrogen-bond donors (Lipinski definition) is 0. The maximum atomic E-state index is 13.3. The molecule has 1 fully saturated rings. The van der Waals surface area contributed by atoms with Crippen LogP contribution in [0, 0.1) is 5.82 Å². The van der Waals surface area contributed by atoms with Gasteiger partial charge < -0.3 is 4.74 Å². The zero-order chi connectivity index (χ0) is 8.29. The Morgan fingerprint density at radius 3 is 3.17 bits per heavy atom. The van der Waals surface area contributed by atoms with E-state index in [1.165, 1.54) is 6.07 Å². The van der Waals surface area contributed by atoms with E-state index < -0.39 is 0 Å². The minimum Gasteiger partial charge on any atom is -0.489 e. The van der Waals surface area contributed by atoms with E-state index in [9.17, 15) is 4.39 Å². The van der Waals surface area contributed by atoms with Crippen molar-refractivity contribution in [2.45, 2.75) is 18.4 Å². The summed E-state index contributed by atoms with van der Waals surface area (Å²) in [5.41, 5.74) is 0.781. The Kier molecular flexibility index (Phi) is 1.16. The van der Waals surface area contributed by atoms with Gasteiger partial charge in [-0.2, -0.15) is 0 Å². The summed E-state index contributed by atoms with van der Waals surface area (Å²) in [6.45, 7) is 0. The van der Waals surface area contributed by atoms with Crippen molar-refractivity contribution in [3.05, 3.63) is 28.0 Å². The molecule has 2 unspecified atom stereocenters. The summed E-state index contributed by atoms with van der Waals surface area (Å²) in [7, 11) is 0. The van der Waals surface area contributed by atoms with Crippen LogP contribution in [0.3, 0.4) is 0 Å². The van der Waals surface area contributed by atoms with Gasteiger partial charge in [-0.25, -0.2) is 4.39 Å². The molecule has 0 saturated heterocycles. The number of benzene rings is 1. The predicted octanol–water partition coefficient (Wildman–Crippen LogP) is 2.84. The average molecular weight is 229 g/mol. The van der Waals surface area contributed by atoms with Crippen molar-refractivity contribution in [1.29, 1.82) is 0 Å². The van der Waals surface area contributed by atoms with Gasteiger partial charge in [0.2, 0.25) is 0 Å². The Bertz CT molecular complexity index is 364. The molecule has 0 bridgehead atoms. The number of rotatable bonds is 0. The Labute approximate surface area is 77.7 Å². The molecule has 1 aliphatic carbocycles. The third-order valence-corrected chi connectivity index (χ3v) is 2.90. The summed E-state index contributed by atoms with van der Waals surface area (Å²) in [5, 5.41) is 0. The standard InChI is InChI=1S/C9H6BrFO/c10-4-1-6(11)9-5-3-7(5)12-8(9)2-4/h1-2,5,7H,3H2. The third kappa shape index (κ3) is 0.774. The van der Waals surface area contributed by atoms with Crippen molar-refractivity contribution >= 4 is 15.9 Å². The fourth-order valence-corrected chi connectivity index (χ4v) is 2.20. The van der Waals surface area contributed by atoms with Crippen LogP contribution in [0.5, 0.6) is 5.75 Å². The number of halogens is 2. The Morgan fingerprint density at radius 2 is 2.33 bits per heavy atom. The Hall–Kier alpha value is -0.570. The first-order valence-electron chi connectivity index (χ1n) is 3.91. The third-order valence-electron chi connectivity index (χ3n) is 2.44. The molecule has 1 heterocycles. The van der Waals surface area contributed by atoms with Gasteiger partial charge >= 0.3 is 0 Å². The fourth-order valence-electron chi connectivity index (χ4n) is 1.79. The lowest BCUT2D eigenvalue weighted by atomic mass is 10.1. The van der Waals surface area contributed by atoms with Gasteiger partial charge in [0.05, 0.1) is 0 Å². The molecule has 0 N–H and O–H groups in total. The minimum absolute atomic E-state index is 0.135. The topological polar surface area (TPSA) is 9.23 Å². The van der Waals surface area contributed by atoms with E-state index in [1.54, 1.807) is 0 Å². The van der Waals surface area contributed by atoms with Gasteiger partial charge in [-0.15, -0.1) is 0 Å². The second-order valence-corrected chi connectivity index (χ2v) is 4.21. The summed E-state index contributed by atoms with van der Waals surface area (Å²) in [5.74, 6) is 0.931. The molecule has 2 aliphatic rings. The molecule has 3 rings (SSSR count). The van der Waals surface area contributed by atoms with E-state index in [0.717, 1.165) is 22.2 Å². The van der Waals surface area contributed by atoms with Gasteiger partial charge in [0.1, 0.15) is 17.7 Å². The van der Waals surface area contributed by atoms with Gasteiger partial charge in [0, 0.05) is 16.0 Å². The van der Waals surface area contributed by atoms with Crippen LogP contribution >= 0.6 is 15.9 Å². The molecule has 1 saturated carbocycles. The molecule has 2 atom stereocenters. The molecule has 62 valence electrons. The summed E-state index contributed by atoms with van der Waals surface area (Å²) in [6.07, 6.45) is 1.26. The molecular weight excluding hydrogens is 223 g/mol. The van der Waals surface area contributed by atoms with Crippen molar-refractivity contribution in [2.75, 3.05) is 0 Å². The Morgan fingerprint density at radius 1 is 1.50 bits per heavy atom. The van der Waals surface area contributed by atoms with E-state index in [4.69, 9.17) is 4.74 Å². The van der Waals surface area contributed by atoms with E-state index >= 15 is 0 Å². The molecule has 1 aliphatic heterocycles. The fraction of sp³-hybridized carbons (Fsp3) is 0.333. The Balaban J connectivity index is 2.24. The summed E-state index contributed by atoms with van der Waals surface area (Å²) < 4.78 is 19.5. The van der Waals surface area contributed by atoms with Crippen molar-refractivity contribution in [2.24, 2.45) is 0 Å². The van der Waals surface area contributed by atoms with E-state index in [1.807, 2.05) is 6.07 Å². The lowest BCUT2D eigenvalue weighted by molar-refractivity contribution is 0.318. The summed E-state index contributed by atoms with van der Waals surface area (Å²) >= 11 is 3.23. The van der Waals surface area contributed by atoms with Crippen LogP contribution in [-0.4, -0.2) is 6.10 Å². The van der Waals surface area contributed by atoms with Crippen LogP contribution in [0.25, 0.3) is 0 Å². The van der Waals surface area contributed by atoms with E-state index in [2.05, 4.69) is 15.9 Å². The molecule has 1 nitrogen and oxygen atoms in total. The number of fused-ring (bicyclic) bond motifs is 3. The maximum absolute atomic E-state index is 13.3. The highest BCUT2D eigenvalue weighted by Crippen LogP contribution is 2.54. The molecule has 3 heteroatoms. The zero-order valence-electron chi connectivity index (χ0n) is 6.18. The minimum atomic E-state index is -0.135. The van der Waals surface area contributed by atoms with Crippen LogP contribution in [0.4, 0.5) is 4.39 Å². The molecule has 1 aromatic carbocycles. The van der Waals surface area contributed by atoms with Crippen molar-refractivity contribution < 1.29 is 9.13 Å². The summed E-state index contributed by atoms with van der Waals surface area (Å²) in [4.78, 5) is 0. The molecular formula is C9H6BrFO. The monoisotopic (exact) mass is 228 g/mol. The quantitative estimate of drug-likeness (QED) is 0.664. The maximum Gasteiger partial charge on any atom is 0.131 e. The predicted molar refractivity (Wildman–Crippen MR) is 45.9 cm³/mol. The first kappa shape index (κ1) is 6.89. The normalized spacial score (nSPS) is 29.2. The highest BCUT2D eigenvalue weighted by molar-refractivity contribution is 9.10. The van der Waals surface area contributed by atoms with Gasteiger partial charge in [-0.05, 0) is 18.6 Å². The van der Waals surface area contributed by atoms with Gasteiger partial charge in [-0.3, -0.25) is 0 Å². The molecule has 0 amide bonds. The molecule has 0 spiro atoms. The van der Waals surface area contributed by atoms with Crippen LogP contribution in [0.2, 0.25) is 0 Å². The number of hydrogen-bond acceptors (Lipinski definition) is 1. The molecule has 1 aromatic rings. The van der Waals surface area contributed by atoms with Crippen molar-refractivity contribution in [3.63, 3.8) is 0 Å². The van der Waals surface area contributed by atoms with Gasteiger partial charge in [-0.1, -0.05) is 15.9 Å². The second-order valence-electron chi connectivity index (χ2n) is 3.30. The van der Waals surface area contributed by atoms with Gasteiger partial charge in [0.15, 0.2) is 0 Å².